The third-order valence-electron chi connectivity index (χ3n) is 3.47. The molecule has 4 heteroatoms. The number of hydrogen-bond acceptors (Lipinski definition) is 3. The standard InChI is InChI=1S/C13H22O4/c1-2-3-4-5-6-8-13(12(15)16)10-17-9-7-11(13)14/h2-10H2,1H3,(H,15,16). The van der Waals surface area contributed by atoms with Gasteiger partial charge in [-0.1, -0.05) is 39.0 Å². The molecule has 0 bridgehead atoms. The third-order valence-corrected chi connectivity index (χ3v) is 3.47. The summed E-state index contributed by atoms with van der Waals surface area (Å²) in [6, 6.07) is 0. The van der Waals surface area contributed by atoms with E-state index in [1.165, 1.54) is 6.42 Å². The molecule has 4 nitrogen and oxygen atoms in total. The Balaban J connectivity index is 2.48. The Bertz CT molecular complexity index is 275. The quantitative estimate of drug-likeness (QED) is 0.550. The summed E-state index contributed by atoms with van der Waals surface area (Å²) >= 11 is 0. The van der Waals surface area contributed by atoms with E-state index < -0.39 is 11.4 Å². The molecule has 0 radical (unpaired) electrons. The van der Waals surface area contributed by atoms with Crippen molar-refractivity contribution in [2.24, 2.45) is 5.41 Å². The van der Waals surface area contributed by atoms with Crippen molar-refractivity contribution >= 4 is 11.8 Å². The van der Waals surface area contributed by atoms with Crippen molar-refractivity contribution in [3.8, 4) is 0 Å². The number of unbranched alkanes of at least 4 members (excludes halogenated alkanes) is 4. The largest absolute Gasteiger partial charge is 0.480 e. The number of carboxylic acid groups (broad SMARTS) is 1. The molecule has 1 N–H and O–H groups in total. The van der Waals surface area contributed by atoms with Gasteiger partial charge in [-0.05, 0) is 6.42 Å². The molecule has 98 valence electrons. The fourth-order valence-corrected chi connectivity index (χ4v) is 2.26. The van der Waals surface area contributed by atoms with Crippen LogP contribution in [0.15, 0.2) is 0 Å². The van der Waals surface area contributed by atoms with E-state index in [2.05, 4.69) is 6.92 Å². The van der Waals surface area contributed by atoms with Crippen molar-refractivity contribution in [3.05, 3.63) is 0 Å². The van der Waals surface area contributed by atoms with Gasteiger partial charge in [-0.2, -0.15) is 0 Å². The Morgan fingerprint density at radius 1 is 1.35 bits per heavy atom. The minimum Gasteiger partial charge on any atom is -0.480 e. The number of Topliss-reactive ketones (excluding diaryl/α,β-unsaturated/α-hetero) is 1. The van der Waals surface area contributed by atoms with Crippen LogP contribution >= 0.6 is 0 Å². The van der Waals surface area contributed by atoms with E-state index in [4.69, 9.17) is 4.74 Å². The summed E-state index contributed by atoms with van der Waals surface area (Å²) in [5.74, 6) is -1.18. The maximum absolute atomic E-state index is 11.8. The van der Waals surface area contributed by atoms with E-state index in [0.717, 1.165) is 25.7 Å². The van der Waals surface area contributed by atoms with Crippen LogP contribution in [0.4, 0.5) is 0 Å². The number of carbonyl (C=O) groups excluding carboxylic acids is 1. The second kappa shape index (κ2) is 6.74. The van der Waals surface area contributed by atoms with Crippen LogP contribution in [-0.2, 0) is 14.3 Å². The van der Waals surface area contributed by atoms with Crippen molar-refractivity contribution in [2.75, 3.05) is 13.2 Å². The van der Waals surface area contributed by atoms with Crippen LogP contribution in [0.1, 0.15) is 51.9 Å². The molecular weight excluding hydrogens is 220 g/mol. The van der Waals surface area contributed by atoms with Crippen LogP contribution in [0.25, 0.3) is 0 Å². The summed E-state index contributed by atoms with van der Waals surface area (Å²) in [6.45, 7) is 2.55. The average molecular weight is 242 g/mol. The van der Waals surface area contributed by atoms with Crippen LogP contribution in [0.5, 0.6) is 0 Å². The topological polar surface area (TPSA) is 63.6 Å². The first-order valence-corrected chi connectivity index (χ1v) is 6.48. The molecule has 0 saturated carbocycles. The average Bonchev–Trinajstić information content (AvgIpc) is 2.31. The van der Waals surface area contributed by atoms with Crippen LogP contribution in [-0.4, -0.2) is 30.1 Å². The fraction of sp³-hybridized carbons (Fsp3) is 0.846. The molecule has 1 unspecified atom stereocenters. The van der Waals surface area contributed by atoms with Crippen LogP contribution in [0, 0.1) is 5.41 Å². The second-order valence-corrected chi connectivity index (χ2v) is 4.78. The number of hydrogen-bond donors (Lipinski definition) is 1. The Morgan fingerprint density at radius 3 is 2.65 bits per heavy atom. The van der Waals surface area contributed by atoms with Crippen molar-refractivity contribution < 1.29 is 19.4 Å². The van der Waals surface area contributed by atoms with Gasteiger partial charge in [0.25, 0.3) is 0 Å². The molecule has 17 heavy (non-hydrogen) atoms. The van der Waals surface area contributed by atoms with Gasteiger partial charge in [-0.15, -0.1) is 0 Å². The molecular formula is C13H22O4. The van der Waals surface area contributed by atoms with E-state index >= 15 is 0 Å². The minimum atomic E-state index is -1.26. The highest BCUT2D eigenvalue weighted by molar-refractivity contribution is 6.03. The Kier molecular flexibility index (Phi) is 5.62. The van der Waals surface area contributed by atoms with Crippen LogP contribution in [0.3, 0.4) is 0 Å². The Morgan fingerprint density at radius 2 is 2.06 bits per heavy atom. The Hall–Kier alpha value is -0.900. The molecule has 0 aromatic rings. The zero-order valence-electron chi connectivity index (χ0n) is 10.5. The maximum Gasteiger partial charge on any atom is 0.319 e. The van der Waals surface area contributed by atoms with E-state index in [1.807, 2.05) is 0 Å². The first-order chi connectivity index (χ1) is 8.13. The van der Waals surface area contributed by atoms with Gasteiger partial charge in [0.05, 0.1) is 13.2 Å². The number of aliphatic carboxylic acids is 1. The number of ether oxygens (including phenoxy) is 1. The molecule has 0 aromatic heterocycles. The third kappa shape index (κ3) is 3.53. The zero-order chi connectivity index (χ0) is 12.7. The Labute approximate surface area is 102 Å². The number of rotatable bonds is 7. The SMILES string of the molecule is CCCCCCCC1(C(=O)O)COCCC1=O. The van der Waals surface area contributed by atoms with E-state index in [1.54, 1.807) is 0 Å². The molecule has 0 amide bonds. The highest BCUT2D eigenvalue weighted by Gasteiger charge is 2.47. The number of carbonyl (C=O) groups is 2. The lowest BCUT2D eigenvalue weighted by atomic mass is 9.77. The summed E-state index contributed by atoms with van der Waals surface area (Å²) in [6.07, 6.45) is 5.89. The highest BCUT2D eigenvalue weighted by Crippen LogP contribution is 2.31. The van der Waals surface area contributed by atoms with Gasteiger partial charge in [0.1, 0.15) is 5.41 Å². The normalized spacial score (nSPS) is 24.9. The lowest BCUT2D eigenvalue weighted by Crippen LogP contribution is -2.47. The molecule has 1 aliphatic rings. The van der Waals surface area contributed by atoms with Gasteiger partial charge in [0.15, 0.2) is 5.78 Å². The molecule has 0 aromatic carbocycles. The molecule has 0 spiro atoms. The van der Waals surface area contributed by atoms with Gasteiger partial charge < -0.3 is 9.84 Å². The fourth-order valence-electron chi connectivity index (χ4n) is 2.26. The van der Waals surface area contributed by atoms with Crippen molar-refractivity contribution in [1.29, 1.82) is 0 Å². The molecule has 1 atom stereocenters. The lowest BCUT2D eigenvalue weighted by Gasteiger charge is -2.31. The van der Waals surface area contributed by atoms with E-state index in [0.29, 0.717) is 13.0 Å². The molecule has 1 saturated heterocycles. The first-order valence-electron chi connectivity index (χ1n) is 6.48. The molecule has 1 heterocycles. The summed E-state index contributed by atoms with van der Waals surface area (Å²) in [7, 11) is 0. The highest BCUT2D eigenvalue weighted by atomic mass is 16.5. The zero-order valence-corrected chi connectivity index (χ0v) is 10.5. The molecule has 1 aliphatic heterocycles. The molecule has 1 rings (SSSR count). The maximum atomic E-state index is 11.8. The monoisotopic (exact) mass is 242 g/mol. The lowest BCUT2D eigenvalue weighted by molar-refractivity contribution is -0.165. The van der Waals surface area contributed by atoms with Gasteiger partial charge in [0.2, 0.25) is 0 Å². The smallest absolute Gasteiger partial charge is 0.319 e. The number of ketones is 1. The predicted octanol–water partition coefficient (Wildman–Crippen LogP) is 2.41. The predicted molar refractivity (Wildman–Crippen MR) is 63.9 cm³/mol. The van der Waals surface area contributed by atoms with Crippen molar-refractivity contribution in [1.82, 2.24) is 0 Å². The van der Waals surface area contributed by atoms with Crippen LogP contribution in [0.2, 0.25) is 0 Å². The minimum absolute atomic E-state index is 0.0505. The second-order valence-electron chi connectivity index (χ2n) is 4.78. The number of carboxylic acids is 1. The first kappa shape index (κ1) is 14.2. The van der Waals surface area contributed by atoms with Gasteiger partial charge in [-0.25, -0.2) is 0 Å². The summed E-state index contributed by atoms with van der Waals surface area (Å²) in [5.41, 5.74) is -1.26. The van der Waals surface area contributed by atoms with Crippen molar-refractivity contribution in [2.45, 2.75) is 51.9 Å². The van der Waals surface area contributed by atoms with E-state index in [9.17, 15) is 14.7 Å². The van der Waals surface area contributed by atoms with Crippen LogP contribution < -0.4 is 0 Å². The van der Waals surface area contributed by atoms with E-state index in [-0.39, 0.29) is 18.8 Å². The molecule has 0 aliphatic carbocycles. The van der Waals surface area contributed by atoms with Gasteiger partial charge in [-0.3, -0.25) is 9.59 Å². The summed E-state index contributed by atoms with van der Waals surface area (Å²) in [5, 5.41) is 9.26. The van der Waals surface area contributed by atoms with Gasteiger partial charge in [0, 0.05) is 6.42 Å². The van der Waals surface area contributed by atoms with Crippen molar-refractivity contribution in [3.63, 3.8) is 0 Å². The van der Waals surface area contributed by atoms with Gasteiger partial charge >= 0.3 is 5.97 Å². The molecule has 1 fully saturated rings. The summed E-state index contributed by atoms with van der Waals surface area (Å²) in [4.78, 5) is 23.1. The summed E-state index contributed by atoms with van der Waals surface area (Å²) < 4.78 is 5.19.